The van der Waals surface area contributed by atoms with Crippen LogP contribution in [-0.4, -0.2) is 36.3 Å². The minimum atomic E-state index is -0.590. The van der Waals surface area contributed by atoms with Crippen molar-refractivity contribution in [3.63, 3.8) is 0 Å². The normalized spacial score (nSPS) is 15.6. The van der Waals surface area contributed by atoms with E-state index in [1.54, 1.807) is 24.3 Å². The van der Waals surface area contributed by atoms with Gasteiger partial charge in [0.15, 0.2) is 0 Å². The number of hydrogen-bond acceptors (Lipinski definition) is 6. The molecule has 10 heteroatoms. The van der Waals surface area contributed by atoms with E-state index in [1.165, 1.54) is 37.1 Å². The number of anilines is 3. The second-order valence-corrected chi connectivity index (χ2v) is 6.77. The molecule has 0 unspecified atom stereocenters. The van der Waals surface area contributed by atoms with Gasteiger partial charge in [0.2, 0.25) is 17.7 Å². The molecule has 10 nitrogen and oxygen atoms in total. The van der Waals surface area contributed by atoms with Crippen LogP contribution in [0, 0.1) is 16.0 Å². The molecule has 1 heterocycles. The van der Waals surface area contributed by atoms with Crippen molar-refractivity contribution < 1.29 is 24.0 Å². The Morgan fingerprint density at radius 3 is 2.33 bits per heavy atom. The third-order valence-corrected chi connectivity index (χ3v) is 4.63. The van der Waals surface area contributed by atoms with Crippen molar-refractivity contribution in [2.45, 2.75) is 13.3 Å². The number of non-ortho nitro benzene ring substituents is 1. The second kappa shape index (κ2) is 8.60. The van der Waals surface area contributed by atoms with Gasteiger partial charge in [-0.1, -0.05) is 0 Å². The fraction of sp³-hybridized carbons (Fsp3) is 0.250. The molecule has 3 rings (SSSR count). The van der Waals surface area contributed by atoms with Crippen molar-refractivity contribution in [1.29, 1.82) is 0 Å². The number of hydrogen-bond donors (Lipinski definition) is 2. The quantitative estimate of drug-likeness (QED) is 0.554. The van der Waals surface area contributed by atoms with E-state index in [0.29, 0.717) is 17.1 Å². The van der Waals surface area contributed by atoms with E-state index < -0.39 is 10.8 Å². The largest absolute Gasteiger partial charge is 0.494 e. The molecular formula is C20H20N4O6. The average molecular weight is 412 g/mol. The summed E-state index contributed by atoms with van der Waals surface area (Å²) in [4.78, 5) is 48.0. The number of nitro groups is 1. The molecule has 2 aromatic carbocycles. The van der Waals surface area contributed by atoms with Crippen molar-refractivity contribution in [3.8, 4) is 5.75 Å². The van der Waals surface area contributed by atoms with Gasteiger partial charge in [0.05, 0.1) is 29.7 Å². The van der Waals surface area contributed by atoms with Gasteiger partial charge in [0.1, 0.15) is 5.75 Å². The van der Waals surface area contributed by atoms with Crippen LogP contribution in [0.4, 0.5) is 22.7 Å². The minimum absolute atomic E-state index is 0.00987. The number of rotatable bonds is 6. The van der Waals surface area contributed by atoms with Crippen LogP contribution in [0.15, 0.2) is 42.5 Å². The second-order valence-electron chi connectivity index (χ2n) is 6.77. The van der Waals surface area contributed by atoms with E-state index in [4.69, 9.17) is 4.74 Å². The zero-order valence-electron chi connectivity index (χ0n) is 16.4. The molecule has 0 saturated carbocycles. The lowest BCUT2D eigenvalue weighted by molar-refractivity contribution is -0.384. The average Bonchev–Trinajstić information content (AvgIpc) is 3.10. The van der Waals surface area contributed by atoms with Gasteiger partial charge in [-0.15, -0.1) is 0 Å². The molecule has 0 aromatic heterocycles. The van der Waals surface area contributed by atoms with Gasteiger partial charge in [-0.2, -0.15) is 0 Å². The van der Waals surface area contributed by atoms with Crippen LogP contribution >= 0.6 is 0 Å². The lowest BCUT2D eigenvalue weighted by atomic mass is 10.1. The Morgan fingerprint density at radius 2 is 1.77 bits per heavy atom. The van der Waals surface area contributed by atoms with Crippen LogP contribution in [0.2, 0.25) is 0 Å². The van der Waals surface area contributed by atoms with Crippen LogP contribution in [-0.2, 0) is 14.4 Å². The lowest BCUT2D eigenvalue weighted by Gasteiger charge is -2.19. The molecule has 1 aliphatic heterocycles. The van der Waals surface area contributed by atoms with E-state index in [0.717, 1.165) is 0 Å². The van der Waals surface area contributed by atoms with Crippen LogP contribution in [0.25, 0.3) is 0 Å². The Kier molecular flexibility index (Phi) is 5.95. The molecular weight excluding hydrogens is 392 g/mol. The summed E-state index contributed by atoms with van der Waals surface area (Å²) in [6, 6.07) is 10.6. The molecule has 156 valence electrons. The Morgan fingerprint density at radius 1 is 1.13 bits per heavy atom. The van der Waals surface area contributed by atoms with Gasteiger partial charge in [-0.25, -0.2) is 0 Å². The summed E-state index contributed by atoms with van der Waals surface area (Å²) in [5.74, 6) is -1.19. The van der Waals surface area contributed by atoms with Crippen molar-refractivity contribution in [3.05, 3.63) is 52.6 Å². The zero-order valence-corrected chi connectivity index (χ0v) is 16.4. The molecule has 30 heavy (non-hydrogen) atoms. The summed E-state index contributed by atoms with van der Waals surface area (Å²) in [5.41, 5.74) is 1.36. The number of nitro benzene ring substituents is 1. The Labute approximate surface area is 172 Å². The maximum absolute atomic E-state index is 12.6. The highest BCUT2D eigenvalue weighted by Crippen LogP contribution is 2.36. The van der Waals surface area contributed by atoms with Crippen LogP contribution < -0.4 is 20.3 Å². The molecule has 3 amide bonds. The molecule has 1 atom stereocenters. The Bertz CT molecular complexity index is 1000. The highest BCUT2D eigenvalue weighted by atomic mass is 16.6. The number of methoxy groups -OCH3 is 1. The monoisotopic (exact) mass is 412 g/mol. The predicted molar refractivity (Wildman–Crippen MR) is 109 cm³/mol. The maximum atomic E-state index is 12.6. The first-order chi connectivity index (χ1) is 14.3. The molecule has 2 aromatic rings. The molecule has 0 bridgehead atoms. The number of carbonyl (C=O) groups excluding carboxylic acids is 3. The first-order valence-corrected chi connectivity index (χ1v) is 9.10. The van der Waals surface area contributed by atoms with E-state index in [-0.39, 0.29) is 42.1 Å². The van der Waals surface area contributed by atoms with Crippen LogP contribution in [0.5, 0.6) is 5.75 Å². The van der Waals surface area contributed by atoms with E-state index in [2.05, 4.69) is 10.6 Å². The van der Waals surface area contributed by atoms with Crippen molar-refractivity contribution >= 4 is 40.5 Å². The molecule has 1 saturated heterocycles. The predicted octanol–water partition coefficient (Wildman–Crippen LogP) is 2.55. The standard InChI is InChI=1S/C20H20N4O6/c1-12(25)21-14-3-5-15(6-4-14)22-20(27)13-9-19(26)23(11-13)17-8-7-16(24(28)29)10-18(17)30-2/h3-8,10,13H,9,11H2,1-2H3,(H,21,25)(H,22,27)/t13-/m1/s1. The van der Waals surface area contributed by atoms with Crippen LogP contribution in [0.3, 0.4) is 0 Å². The SMILES string of the molecule is COc1cc([N+](=O)[O-])ccc1N1C[C@H](C(=O)Nc2ccc(NC(C)=O)cc2)CC1=O. The summed E-state index contributed by atoms with van der Waals surface area (Å²) in [6.45, 7) is 1.53. The smallest absolute Gasteiger partial charge is 0.273 e. The molecule has 1 fully saturated rings. The highest BCUT2D eigenvalue weighted by Gasteiger charge is 2.36. The third-order valence-electron chi connectivity index (χ3n) is 4.63. The first-order valence-electron chi connectivity index (χ1n) is 9.10. The number of ether oxygens (including phenoxy) is 1. The highest BCUT2D eigenvalue weighted by molar-refractivity contribution is 6.04. The van der Waals surface area contributed by atoms with Crippen LogP contribution in [0.1, 0.15) is 13.3 Å². The summed E-state index contributed by atoms with van der Waals surface area (Å²) in [5, 5.41) is 16.3. The lowest BCUT2D eigenvalue weighted by Crippen LogP contribution is -2.28. The summed E-state index contributed by atoms with van der Waals surface area (Å²) in [7, 11) is 1.36. The van der Waals surface area contributed by atoms with Gasteiger partial charge in [0.25, 0.3) is 5.69 Å². The van der Waals surface area contributed by atoms with Crippen molar-refractivity contribution in [1.82, 2.24) is 0 Å². The number of carbonyl (C=O) groups is 3. The number of nitrogens with one attached hydrogen (secondary N) is 2. The first kappa shape index (κ1) is 20.8. The number of amides is 3. The van der Waals surface area contributed by atoms with E-state index >= 15 is 0 Å². The van der Waals surface area contributed by atoms with E-state index in [1.807, 2.05) is 0 Å². The van der Waals surface area contributed by atoms with Gasteiger partial charge < -0.3 is 20.3 Å². The topological polar surface area (TPSA) is 131 Å². The Balaban J connectivity index is 1.70. The Hall–Kier alpha value is -3.95. The van der Waals surface area contributed by atoms with Gasteiger partial charge >= 0.3 is 0 Å². The number of nitrogens with zero attached hydrogens (tertiary/aromatic N) is 2. The number of benzene rings is 2. The fourth-order valence-electron chi connectivity index (χ4n) is 3.20. The molecule has 0 radical (unpaired) electrons. The van der Waals surface area contributed by atoms with E-state index in [9.17, 15) is 24.5 Å². The van der Waals surface area contributed by atoms with Crippen molar-refractivity contribution in [2.75, 3.05) is 29.2 Å². The molecule has 1 aliphatic rings. The van der Waals surface area contributed by atoms with Crippen molar-refractivity contribution in [2.24, 2.45) is 5.92 Å². The molecule has 2 N–H and O–H groups in total. The van der Waals surface area contributed by atoms with Gasteiger partial charge in [-0.3, -0.25) is 24.5 Å². The fourth-order valence-corrected chi connectivity index (χ4v) is 3.20. The van der Waals surface area contributed by atoms with Gasteiger partial charge in [-0.05, 0) is 30.3 Å². The van der Waals surface area contributed by atoms with Gasteiger partial charge in [0, 0.05) is 37.3 Å². The molecule has 0 aliphatic carbocycles. The minimum Gasteiger partial charge on any atom is -0.494 e. The zero-order chi connectivity index (χ0) is 21.8. The maximum Gasteiger partial charge on any atom is 0.273 e. The molecule has 0 spiro atoms. The third kappa shape index (κ3) is 4.54. The summed E-state index contributed by atoms with van der Waals surface area (Å²) in [6.07, 6.45) is 0.00987. The summed E-state index contributed by atoms with van der Waals surface area (Å²) >= 11 is 0. The summed E-state index contributed by atoms with van der Waals surface area (Å²) < 4.78 is 5.20.